The number of hydrogen-bond donors (Lipinski definition) is 17. The van der Waals surface area contributed by atoms with Crippen LogP contribution in [0.15, 0.2) is 30.3 Å². The summed E-state index contributed by atoms with van der Waals surface area (Å²) in [7, 11) is 0. The van der Waals surface area contributed by atoms with Gasteiger partial charge in [0.15, 0.2) is 0 Å². The van der Waals surface area contributed by atoms with Gasteiger partial charge in [-0.15, -0.1) is 0 Å². The van der Waals surface area contributed by atoms with Crippen molar-refractivity contribution < 1.29 is 57.8 Å². The number of aliphatic hydroxyl groups is 1. The molecule has 0 bridgehead atoms. The van der Waals surface area contributed by atoms with Crippen molar-refractivity contribution in [1.82, 2.24) is 58.5 Å². The molecule has 1 aliphatic heterocycles. The van der Waals surface area contributed by atoms with Gasteiger partial charge in [0.2, 0.25) is 65.0 Å². The Labute approximate surface area is 503 Å². The minimum absolute atomic E-state index is 0.00166. The lowest BCUT2D eigenvalue weighted by molar-refractivity contribution is -0.137. The van der Waals surface area contributed by atoms with Crippen molar-refractivity contribution in [3.05, 3.63) is 35.9 Å². The van der Waals surface area contributed by atoms with E-state index in [9.17, 15) is 57.8 Å². The fraction of sp³-hybridized carbons (Fsp3) is 0.696. The zero-order valence-electron chi connectivity index (χ0n) is 50.1. The van der Waals surface area contributed by atoms with Gasteiger partial charge in [-0.25, -0.2) is 0 Å². The number of hydrogen-bond acceptors (Lipinski definition) is 18. The number of amides is 11. The smallest absolute Gasteiger partial charge is 0.245 e. The van der Waals surface area contributed by atoms with Crippen molar-refractivity contribution in [2.75, 3.05) is 51.3 Å². The summed E-state index contributed by atoms with van der Waals surface area (Å²) in [5, 5.41) is 39.7. The van der Waals surface area contributed by atoms with Crippen LogP contribution in [0.4, 0.5) is 0 Å². The van der Waals surface area contributed by atoms with E-state index in [1.54, 1.807) is 50.4 Å². The minimum atomic E-state index is -1.68. The molecule has 1 aliphatic rings. The van der Waals surface area contributed by atoms with Gasteiger partial charge in [0, 0.05) is 19.4 Å². The number of rotatable bonds is 31. The highest BCUT2D eigenvalue weighted by Gasteiger charge is 2.37. The van der Waals surface area contributed by atoms with Gasteiger partial charge < -0.3 is 92.3 Å². The molecule has 11 atom stereocenters. The molecule has 1 heterocycles. The zero-order chi connectivity index (χ0) is 63.4. The van der Waals surface area contributed by atoms with E-state index in [1.165, 1.54) is 18.7 Å². The van der Waals surface area contributed by atoms with Gasteiger partial charge in [0.05, 0.1) is 6.10 Å². The maximum absolute atomic E-state index is 14.6. The summed E-state index contributed by atoms with van der Waals surface area (Å²) in [6.07, 6.45) is 3.87. The molecule has 0 spiro atoms. The maximum Gasteiger partial charge on any atom is 0.245 e. The molecule has 85 heavy (non-hydrogen) atoms. The largest absolute Gasteiger partial charge is 0.391 e. The number of benzene rings is 1. The van der Waals surface area contributed by atoms with E-state index in [0.29, 0.717) is 17.7 Å². The topological polar surface area (TPSA) is 470 Å². The monoisotopic (exact) mass is 1220 g/mol. The Kier molecular flexibility index (Phi) is 36.5. The molecular weight excluding hydrogens is 1120 g/mol. The van der Waals surface area contributed by atoms with Gasteiger partial charge in [0.25, 0.3) is 0 Å². The molecule has 480 valence electrons. The Morgan fingerprint density at radius 3 is 1.56 bits per heavy atom. The first-order chi connectivity index (χ1) is 40.6. The fourth-order valence-corrected chi connectivity index (χ4v) is 9.63. The third-order valence-electron chi connectivity index (χ3n) is 13.9. The summed E-state index contributed by atoms with van der Waals surface area (Å²) in [4.78, 5) is 154. The molecule has 1 fully saturated rings. The van der Waals surface area contributed by atoms with Crippen LogP contribution in [0.5, 0.6) is 0 Å². The molecule has 0 unspecified atom stereocenters. The molecule has 1 aromatic rings. The zero-order valence-corrected chi connectivity index (χ0v) is 50.9. The first-order valence-electron chi connectivity index (χ1n) is 29.6. The second-order valence-corrected chi connectivity index (χ2v) is 22.6. The normalized spacial score (nSPS) is 22.1. The number of nitrogens with two attached hydrogens (primary N) is 5. The molecule has 1 saturated heterocycles. The molecule has 0 radical (unpaired) electrons. The van der Waals surface area contributed by atoms with Crippen LogP contribution in [-0.4, -0.2) is 188 Å². The van der Waals surface area contributed by atoms with E-state index < -0.39 is 132 Å². The molecule has 22 N–H and O–H groups in total. The second-order valence-electron chi connectivity index (χ2n) is 21.6. The number of carbonyl (C=O) groups excluding carboxylic acids is 11. The predicted molar refractivity (Wildman–Crippen MR) is 323 cm³/mol. The fourth-order valence-electron chi connectivity index (χ4n) is 9.16. The van der Waals surface area contributed by atoms with Crippen LogP contribution >= 0.6 is 11.8 Å². The maximum atomic E-state index is 14.6. The number of nitrogens with one attached hydrogen (secondary N) is 11. The van der Waals surface area contributed by atoms with Crippen LogP contribution < -0.4 is 87.2 Å². The molecule has 29 heteroatoms. The molecule has 1 aromatic carbocycles. The molecule has 28 nitrogen and oxygen atoms in total. The standard InChI is InChI=1S/C56H98N16O12S/c1-6-7-8-9-13-16-45(74)63-36(17-24-57)53(81)72-46(34(4)73)56(84)69-40(21-28-61)50(78)67-41-22-29-62-47(75)42(23-30-85-5)68-49(77)37(18-25-58)64-48(76)38(19-26-59)66-54(82)43(31-33(2)3)70-55(83)44(32-35-14-11-10-12-15-35)71-51(79)39(20-27-60)65-52(41)80/h10-12,14-15,33-34,36-44,46,73H,6-9,13,16-32,57-61H2,1-5H3,(H,62,75)(H,63,74)(H,64,76)(H,65,80)(H,66,82)(H,67,78)(H,68,77)(H,69,84)(H,70,83)(H,71,79)(H,72,81)/t34-,36+,37+,38+,39+,40+,41+,42+,43+,44-,46+/m1/s1. The van der Waals surface area contributed by atoms with E-state index >= 15 is 0 Å². The lowest BCUT2D eigenvalue weighted by atomic mass is 10.00. The van der Waals surface area contributed by atoms with Crippen molar-refractivity contribution in [2.24, 2.45) is 34.6 Å². The van der Waals surface area contributed by atoms with Crippen LogP contribution in [0, 0.1) is 5.92 Å². The second kappa shape index (κ2) is 41.5. The van der Waals surface area contributed by atoms with E-state index in [0.717, 1.165) is 25.7 Å². The lowest BCUT2D eigenvalue weighted by Gasteiger charge is -2.29. The summed E-state index contributed by atoms with van der Waals surface area (Å²) in [6.45, 7) is 6.02. The quantitative estimate of drug-likeness (QED) is 0.0314. The SMILES string of the molecule is CCCCCCCC(=O)N[C@@H](CCN)C(=O)N[C@H](C(=O)N[C@@H](CCN)C(=O)N[C@H]1CCNC(=O)[C@H](CCSC)NC(=O)[C@H](CCN)NC(=O)[C@H](CCN)NC(=O)[C@H](CC(C)C)NC(=O)[C@@H](Cc2ccccc2)NC(=O)[C@H](CCN)NC1=O)[C@@H](C)O. The summed E-state index contributed by atoms with van der Waals surface area (Å²) in [5.74, 6) is -8.80. The number of thioether (sulfide) groups is 1. The van der Waals surface area contributed by atoms with Crippen LogP contribution in [0.3, 0.4) is 0 Å². The van der Waals surface area contributed by atoms with E-state index in [2.05, 4.69) is 65.4 Å². The van der Waals surface area contributed by atoms with Crippen molar-refractivity contribution in [3.8, 4) is 0 Å². The van der Waals surface area contributed by atoms with Crippen LogP contribution in [0.25, 0.3) is 0 Å². The van der Waals surface area contributed by atoms with Gasteiger partial charge in [-0.3, -0.25) is 52.7 Å². The van der Waals surface area contributed by atoms with Gasteiger partial charge in [-0.1, -0.05) is 76.8 Å². The average molecular weight is 1220 g/mol. The first-order valence-corrected chi connectivity index (χ1v) is 31.0. The Balaban J connectivity index is 2.70. The van der Waals surface area contributed by atoms with E-state index in [4.69, 9.17) is 28.7 Å². The van der Waals surface area contributed by atoms with Crippen molar-refractivity contribution in [1.29, 1.82) is 0 Å². The average Bonchev–Trinajstić information content (AvgIpc) is 3.69. The molecule has 0 aromatic heterocycles. The third kappa shape index (κ3) is 28.0. The third-order valence-corrected chi connectivity index (χ3v) is 14.5. The first kappa shape index (κ1) is 74.6. The molecule has 11 amide bonds. The molecular formula is C56H98N16O12S. The Morgan fingerprint density at radius 1 is 0.576 bits per heavy atom. The predicted octanol–water partition coefficient (Wildman–Crippen LogP) is -4.12. The van der Waals surface area contributed by atoms with Gasteiger partial charge in [0.1, 0.15) is 60.4 Å². The number of carbonyl (C=O) groups is 11. The van der Waals surface area contributed by atoms with Crippen LogP contribution in [0.2, 0.25) is 0 Å². The van der Waals surface area contributed by atoms with Gasteiger partial charge in [-0.05, 0) is 121 Å². The van der Waals surface area contributed by atoms with Gasteiger partial charge in [-0.2, -0.15) is 11.8 Å². The highest BCUT2D eigenvalue weighted by Crippen LogP contribution is 2.12. The summed E-state index contributed by atoms with van der Waals surface area (Å²) in [5.41, 5.74) is 30.1. The summed E-state index contributed by atoms with van der Waals surface area (Å²) in [6, 6.07) is -5.29. The number of aliphatic hydroxyl groups excluding tert-OH is 1. The van der Waals surface area contributed by atoms with Gasteiger partial charge >= 0.3 is 0 Å². The van der Waals surface area contributed by atoms with E-state index in [1.807, 2.05) is 0 Å². The Morgan fingerprint density at radius 2 is 1.06 bits per heavy atom. The minimum Gasteiger partial charge on any atom is -0.391 e. The van der Waals surface area contributed by atoms with Crippen molar-refractivity contribution >= 4 is 76.7 Å². The van der Waals surface area contributed by atoms with Crippen LogP contribution in [0.1, 0.15) is 123 Å². The van der Waals surface area contributed by atoms with Crippen LogP contribution in [-0.2, 0) is 59.2 Å². The number of unbranched alkanes of at least 4 members (excludes halogenated alkanes) is 4. The molecule has 2 rings (SSSR count). The molecule has 0 saturated carbocycles. The van der Waals surface area contributed by atoms with E-state index in [-0.39, 0.29) is 109 Å². The lowest BCUT2D eigenvalue weighted by Crippen LogP contribution is -2.62. The Hall–Kier alpha value is -6.50. The highest BCUT2D eigenvalue weighted by atomic mass is 32.2. The molecule has 0 aliphatic carbocycles. The summed E-state index contributed by atoms with van der Waals surface area (Å²) < 4.78 is 0. The highest BCUT2D eigenvalue weighted by molar-refractivity contribution is 7.98. The Bertz CT molecular complexity index is 2290. The summed E-state index contributed by atoms with van der Waals surface area (Å²) >= 11 is 1.38. The van der Waals surface area contributed by atoms with Crippen molar-refractivity contribution in [2.45, 2.75) is 191 Å². The van der Waals surface area contributed by atoms with Crippen molar-refractivity contribution in [3.63, 3.8) is 0 Å².